The topological polar surface area (TPSA) is 36.4 Å². The highest BCUT2D eigenvalue weighted by Gasteiger charge is 2.28. The first-order chi connectivity index (χ1) is 12.1. The average molecular weight is 364 g/mol. The van der Waals surface area contributed by atoms with E-state index in [9.17, 15) is 9.18 Å². The van der Waals surface area contributed by atoms with E-state index in [1.54, 1.807) is 12.1 Å². The van der Waals surface area contributed by atoms with E-state index in [2.05, 4.69) is 4.98 Å². The first-order valence-corrected chi connectivity index (χ1v) is 9.21. The maximum absolute atomic E-state index is 14.9. The zero-order valence-corrected chi connectivity index (χ0v) is 15.4. The molecule has 0 radical (unpaired) electrons. The monoisotopic (exact) mass is 363 g/mol. The van der Waals surface area contributed by atoms with Gasteiger partial charge in [-0.15, -0.1) is 0 Å². The van der Waals surface area contributed by atoms with Crippen LogP contribution in [-0.2, 0) is 4.79 Å². The molecule has 0 saturated carbocycles. The van der Waals surface area contributed by atoms with E-state index in [1.807, 2.05) is 29.7 Å². The van der Waals surface area contributed by atoms with Crippen molar-refractivity contribution >= 4 is 34.1 Å². The molecule has 1 fully saturated rings. The molecule has 0 aliphatic carbocycles. The molecule has 0 bridgehead atoms. The van der Waals surface area contributed by atoms with Crippen LogP contribution in [0.15, 0.2) is 24.4 Å². The maximum Gasteiger partial charge on any atom is 0.225 e. The fourth-order valence-electron chi connectivity index (χ4n) is 3.54. The quantitative estimate of drug-likeness (QED) is 0.820. The summed E-state index contributed by atoms with van der Waals surface area (Å²) in [6, 6.07) is 5.24. The Balaban J connectivity index is 1.76. The van der Waals surface area contributed by atoms with Crippen LogP contribution in [0, 0.1) is 11.7 Å². The molecule has 6 heteroatoms. The van der Waals surface area contributed by atoms with Crippen molar-refractivity contribution in [3.8, 4) is 0 Å². The van der Waals surface area contributed by atoms with Crippen LogP contribution in [0.4, 0.5) is 10.1 Å². The Hall–Kier alpha value is -1.88. The summed E-state index contributed by atoms with van der Waals surface area (Å²) in [7, 11) is 0. The number of nitrogens with zero attached hydrogens (tertiary/aromatic N) is 3. The molecule has 1 aliphatic heterocycles. The minimum Gasteiger partial charge on any atom is -0.369 e. The third-order valence-electron chi connectivity index (χ3n) is 5.04. The van der Waals surface area contributed by atoms with Gasteiger partial charge in [0, 0.05) is 43.7 Å². The van der Waals surface area contributed by atoms with Crippen LogP contribution < -0.4 is 4.90 Å². The number of hydrogen-bond acceptors (Lipinski definition) is 3. The van der Waals surface area contributed by atoms with Crippen molar-refractivity contribution in [1.82, 2.24) is 9.88 Å². The number of piperidine rings is 1. The second kappa shape index (κ2) is 7.56. The Morgan fingerprint density at radius 1 is 1.28 bits per heavy atom. The molecule has 2 aromatic rings. The van der Waals surface area contributed by atoms with Crippen LogP contribution in [0.3, 0.4) is 0 Å². The molecule has 1 aliphatic rings. The molecule has 1 aromatic heterocycles. The molecule has 1 aromatic carbocycles. The predicted molar refractivity (Wildman–Crippen MR) is 99.6 cm³/mol. The largest absolute Gasteiger partial charge is 0.369 e. The van der Waals surface area contributed by atoms with Crippen molar-refractivity contribution in [3.63, 3.8) is 0 Å². The summed E-state index contributed by atoms with van der Waals surface area (Å²) in [5.74, 6) is -0.0853. The summed E-state index contributed by atoms with van der Waals surface area (Å²) in [6.07, 6.45) is 3.01. The third kappa shape index (κ3) is 3.43. The summed E-state index contributed by atoms with van der Waals surface area (Å²) in [6.45, 7) is 6.81. The molecule has 0 atom stereocenters. The fourth-order valence-corrected chi connectivity index (χ4v) is 3.75. The van der Waals surface area contributed by atoms with Crippen molar-refractivity contribution in [2.24, 2.45) is 5.92 Å². The molecule has 4 nitrogen and oxygen atoms in total. The molecule has 0 N–H and O–H groups in total. The number of fused-ring (bicyclic) bond motifs is 1. The predicted octanol–water partition coefficient (Wildman–Crippen LogP) is 4.11. The van der Waals surface area contributed by atoms with E-state index >= 15 is 0 Å². The number of carbonyl (C=O) groups excluding carboxylic acids is 1. The van der Waals surface area contributed by atoms with Gasteiger partial charge < -0.3 is 9.80 Å². The summed E-state index contributed by atoms with van der Waals surface area (Å²) < 4.78 is 14.9. The second-order valence-corrected chi connectivity index (χ2v) is 6.77. The molecular formula is C19H23ClFN3O. The molecule has 1 amide bonds. The smallest absolute Gasteiger partial charge is 0.225 e. The molecule has 0 spiro atoms. The Morgan fingerprint density at radius 3 is 2.60 bits per heavy atom. The van der Waals surface area contributed by atoms with Gasteiger partial charge in [-0.1, -0.05) is 11.6 Å². The minimum absolute atomic E-state index is 0.0345. The Morgan fingerprint density at radius 2 is 1.96 bits per heavy atom. The van der Waals surface area contributed by atoms with Gasteiger partial charge in [0.2, 0.25) is 5.91 Å². The zero-order chi connectivity index (χ0) is 18.0. The van der Waals surface area contributed by atoms with Crippen LogP contribution in [0.5, 0.6) is 0 Å². The van der Waals surface area contributed by atoms with Gasteiger partial charge in [0.1, 0.15) is 5.52 Å². The van der Waals surface area contributed by atoms with Crippen LogP contribution in [0.2, 0.25) is 5.02 Å². The lowest BCUT2D eigenvalue weighted by molar-refractivity contribution is -0.135. The summed E-state index contributed by atoms with van der Waals surface area (Å²) >= 11 is 6.12. The lowest BCUT2D eigenvalue weighted by Gasteiger charge is -2.35. The highest BCUT2D eigenvalue weighted by molar-refractivity contribution is 6.35. The van der Waals surface area contributed by atoms with Crippen molar-refractivity contribution in [2.75, 3.05) is 31.1 Å². The minimum atomic E-state index is -0.339. The number of benzene rings is 1. The summed E-state index contributed by atoms with van der Waals surface area (Å²) in [4.78, 5) is 20.5. The van der Waals surface area contributed by atoms with Gasteiger partial charge in [-0.05, 0) is 44.9 Å². The van der Waals surface area contributed by atoms with Crippen LogP contribution in [0.1, 0.15) is 26.7 Å². The van der Waals surface area contributed by atoms with E-state index in [4.69, 9.17) is 11.6 Å². The van der Waals surface area contributed by atoms with Gasteiger partial charge >= 0.3 is 0 Å². The number of aromatic nitrogens is 1. The fraction of sp³-hybridized carbons (Fsp3) is 0.474. The van der Waals surface area contributed by atoms with E-state index in [-0.39, 0.29) is 17.6 Å². The first kappa shape index (κ1) is 17.9. The average Bonchev–Trinajstić information content (AvgIpc) is 2.64. The highest BCUT2D eigenvalue weighted by atomic mass is 35.5. The molecule has 2 heterocycles. The van der Waals surface area contributed by atoms with Crippen LogP contribution in [0.25, 0.3) is 10.9 Å². The number of pyridine rings is 1. The Labute approximate surface area is 152 Å². The summed E-state index contributed by atoms with van der Waals surface area (Å²) in [5, 5.41) is 1.12. The van der Waals surface area contributed by atoms with Gasteiger partial charge in [0.25, 0.3) is 0 Å². The standard InChI is InChI=1S/C19H23ClFN3O/c1-3-23(4-2)19(25)13-8-11-24(12-9-13)16-6-5-14-15(20)7-10-22-18(14)17(16)21/h5-7,10,13H,3-4,8-9,11-12H2,1-2H3. The molecule has 134 valence electrons. The number of amides is 1. The Kier molecular flexibility index (Phi) is 5.42. The molecular weight excluding hydrogens is 341 g/mol. The van der Waals surface area contributed by atoms with E-state index < -0.39 is 0 Å². The third-order valence-corrected chi connectivity index (χ3v) is 5.37. The van der Waals surface area contributed by atoms with Gasteiger partial charge in [0.05, 0.1) is 10.7 Å². The first-order valence-electron chi connectivity index (χ1n) is 8.83. The molecule has 1 saturated heterocycles. The number of rotatable bonds is 4. The van der Waals surface area contributed by atoms with Crippen molar-refractivity contribution < 1.29 is 9.18 Å². The normalized spacial score (nSPS) is 15.6. The summed E-state index contributed by atoms with van der Waals surface area (Å²) in [5.41, 5.74) is 0.836. The van der Waals surface area contributed by atoms with Crippen LogP contribution >= 0.6 is 11.6 Å². The SMILES string of the molecule is CCN(CC)C(=O)C1CCN(c2ccc3c(Cl)ccnc3c2F)CC1. The van der Waals surface area contributed by atoms with Gasteiger partial charge in [-0.25, -0.2) is 4.39 Å². The number of anilines is 1. The molecule has 25 heavy (non-hydrogen) atoms. The maximum atomic E-state index is 14.9. The van der Waals surface area contributed by atoms with E-state index in [0.29, 0.717) is 34.7 Å². The van der Waals surface area contributed by atoms with Crippen molar-refractivity contribution in [1.29, 1.82) is 0 Å². The number of carbonyl (C=O) groups is 1. The van der Waals surface area contributed by atoms with Crippen LogP contribution in [-0.4, -0.2) is 42.0 Å². The zero-order valence-electron chi connectivity index (χ0n) is 14.6. The van der Waals surface area contributed by atoms with E-state index in [0.717, 1.165) is 25.9 Å². The van der Waals surface area contributed by atoms with Crippen molar-refractivity contribution in [3.05, 3.63) is 35.2 Å². The molecule has 3 rings (SSSR count). The number of hydrogen-bond donors (Lipinski definition) is 0. The van der Waals surface area contributed by atoms with Gasteiger partial charge in [-0.2, -0.15) is 0 Å². The lowest BCUT2D eigenvalue weighted by atomic mass is 9.94. The lowest BCUT2D eigenvalue weighted by Crippen LogP contribution is -2.42. The number of halogens is 2. The van der Waals surface area contributed by atoms with E-state index in [1.165, 1.54) is 6.20 Å². The Bertz CT molecular complexity index is 771. The highest BCUT2D eigenvalue weighted by Crippen LogP contribution is 2.32. The molecule has 0 unspecified atom stereocenters. The van der Waals surface area contributed by atoms with Gasteiger partial charge in [0.15, 0.2) is 5.82 Å². The van der Waals surface area contributed by atoms with Crippen molar-refractivity contribution in [2.45, 2.75) is 26.7 Å². The second-order valence-electron chi connectivity index (χ2n) is 6.36. The van der Waals surface area contributed by atoms with Gasteiger partial charge in [-0.3, -0.25) is 9.78 Å².